The van der Waals surface area contributed by atoms with Crippen LogP contribution in [0.15, 0.2) is 53.6 Å². The Labute approximate surface area is 201 Å². The first-order chi connectivity index (χ1) is 16.5. The molecule has 8 nitrogen and oxygen atoms in total. The first kappa shape index (κ1) is 22.1. The number of aryl methyl sites for hydroxylation is 2. The zero-order valence-corrected chi connectivity index (χ0v) is 19.9. The van der Waals surface area contributed by atoms with Crippen LogP contribution in [0.2, 0.25) is 0 Å². The van der Waals surface area contributed by atoms with E-state index < -0.39 is 0 Å². The van der Waals surface area contributed by atoms with E-state index in [1.165, 1.54) is 11.8 Å². The molecule has 0 unspecified atom stereocenters. The van der Waals surface area contributed by atoms with Gasteiger partial charge in [-0.3, -0.25) is 4.79 Å². The zero-order chi connectivity index (χ0) is 23.7. The summed E-state index contributed by atoms with van der Waals surface area (Å²) in [7, 11) is 1.65. The lowest BCUT2D eigenvalue weighted by Gasteiger charge is -2.09. The highest BCUT2D eigenvalue weighted by Gasteiger charge is 2.19. The minimum absolute atomic E-state index is 0.0703. The summed E-state index contributed by atoms with van der Waals surface area (Å²) >= 11 is 1.43. The number of thioether (sulfide) groups is 1. The topological polar surface area (TPSA) is 87.0 Å². The fourth-order valence-corrected chi connectivity index (χ4v) is 4.81. The number of hydrogen-bond acceptors (Lipinski definition) is 7. The fourth-order valence-electron chi connectivity index (χ4n) is 3.92. The van der Waals surface area contributed by atoms with Crippen LogP contribution in [-0.4, -0.2) is 40.2 Å². The van der Waals surface area contributed by atoms with Crippen molar-refractivity contribution in [2.75, 3.05) is 19.7 Å². The van der Waals surface area contributed by atoms with Gasteiger partial charge in [-0.1, -0.05) is 36.0 Å². The number of carbonyl (C=O) groups is 1. The summed E-state index contributed by atoms with van der Waals surface area (Å²) in [4.78, 5) is 17.3. The van der Waals surface area contributed by atoms with Gasteiger partial charge in [-0.05, 0) is 43.7 Å². The second kappa shape index (κ2) is 9.26. The molecule has 0 bridgehead atoms. The molecule has 5 rings (SSSR count). The van der Waals surface area contributed by atoms with E-state index in [0.717, 1.165) is 50.3 Å². The van der Waals surface area contributed by atoms with Gasteiger partial charge in [0.25, 0.3) is 0 Å². The van der Waals surface area contributed by atoms with Crippen LogP contribution in [0.25, 0.3) is 16.8 Å². The van der Waals surface area contributed by atoms with E-state index in [1.807, 2.05) is 62.4 Å². The van der Waals surface area contributed by atoms with Gasteiger partial charge in [0, 0.05) is 17.8 Å². The molecule has 0 radical (unpaired) electrons. The van der Waals surface area contributed by atoms with Crippen molar-refractivity contribution in [3.05, 3.63) is 65.5 Å². The summed E-state index contributed by atoms with van der Waals surface area (Å²) in [6, 6.07) is 15.4. The zero-order valence-electron chi connectivity index (χ0n) is 19.1. The number of para-hydroxylation sites is 1. The van der Waals surface area contributed by atoms with E-state index in [2.05, 4.69) is 5.32 Å². The number of carbonyl (C=O) groups excluding carboxylic acids is 1. The van der Waals surface area contributed by atoms with Crippen molar-refractivity contribution in [1.82, 2.24) is 19.9 Å². The standard InChI is InChI=1S/C25H24N4O4S/c1-15-10-23(34-13-22(30)26-12-17-8-9-20-21(11-17)33-14-32-20)29-25(27-15)24(16(2)28-29)18-6-4-5-7-19(18)31-3/h4-11H,12-14H2,1-3H3,(H,26,30). The molecule has 1 amide bonds. The van der Waals surface area contributed by atoms with Gasteiger partial charge in [-0.25, -0.2) is 9.50 Å². The SMILES string of the molecule is COc1ccccc1-c1c(C)nn2c(SCC(=O)NCc3ccc4c(c3)OCO4)cc(C)nc12. The lowest BCUT2D eigenvalue weighted by molar-refractivity contribution is -0.118. The highest BCUT2D eigenvalue weighted by molar-refractivity contribution is 7.99. The molecule has 0 atom stereocenters. The quantitative estimate of drug-likeness (QED) is 0.317. The maximum atomic E-state index is 12.6. The van der Waals surface area contributed by atoms with Crippen LogP contribution in [-0.2, 0) is 11.3 Å². The predicted molar refractivity (Wildman–Crippen MR) is 130 cm³/mol. The number of rotatable bonds is 7. The third-order valence-electron chi connectivity index (χ3n) is 5.51. The number of methoxy groups -OCH3 is 1. The highest BCUT2D eigenvalue weighted by Crippen LogP contribution is 2.36. The molecule has 0 aliphatic carbocycles. The van der Waals surface area contributed by atoms with Crippen molar-refractivity contribution in [2.45, 2.75) is 25.4 Å². The van der Waals surface area contributed by atoms with Crippen molar-refractivity contribution in [2.24, 2.45) is 0 Å². The number of aromatic nitrogens is 3. The van der Waals surface area contributed by atoms with E-state index in [1.54, 1.807) is 11.6 Å². The summed E-state index contributed by atoms with van der Waals surface area (Å²) in [5.74, 6) is 2.38. The average molecular weight is 477 g/mol. The molecule has 4 aromatic rings. The number of fused-ring (bicyclic) bond motifs is 2. The van der Waals surface area contributed by atoms with Gasteiger partial charge in [-0.2, -0.15) is 5.10 Å². The molecule has 2 aromatic heterocycles. The number of hydrogen-bond donors (Lipinski definition) is 1. The molecular weight excluding hydrogens is 452 g/mol. The summed E-state index contributed by atoms with van der Waals surface area (Å²) in [6.45, 7) is 4.54. The van der Waals surface area contributed by atoms with E-state index in [0.29, 0.717) is 12.3 Å². The Morgan fingerprint density at radius 1 is 1.15 bits per heavy atom. The number of nitrogens with one attached hydrogen (secondary N) is 1. The Morgan fingerprint density at radius 2 is 1.97 bits per heavy atom. The lowest BCUT2D eigenvalue weighted by Crippen LogP contribution is -2.24. The van der Waals surface area contributed by atoms with Crippen LogP contribution in [0.1, 0.15) is 17.0 Å². The van der Waals surface area contributed by atoms with Crippen LogP contribution < -0.4 is 19.5 Å². The van der Waals surface area contributed by atoms with E-state index in [-0.39, 0.29) is 18.5 Å². The molecule has 34 heavy (non-hydrogen) atoms. The van der Waals surface area contributed by atoms with Crippen LogP contribution in [0.5, 0.6) is 17.2 Å². The van der Waals surface area contributed by atoms with Gasteiger partial charge < -0.3 is 19.5 Å². The van der Waals surface area contributed by atoms with Gasteiger partial charge in [0.2, 0.25) is 12.7 Å². The predicted octanol–water partition coefficient (Wildman–Crippen LogP) is 4.16. The molecule has 1 N–H and O–H groups in total. The largest absolute Gasteiger partial charge is 0.496 e. The van der Waals surface area contributed by atoms with E-state index >= 15 is 0 Å². The molecule has 1 aliphatic heterocycles. The van der Waals surface area contributed by atoms with Gasteiger partial charge >= 0.3 is 0 Å². The van der Waals surface area contributed by atoms with Crippen LogP contribution in [0.3, 0.4) is 0 Å². The molecule has 1 aliphatic rings. The Hall–Kier alpha value is -3.72. The van der Waals surface area contributed by atoms with Crippen molar-refractivity contribution in [3.63, 3.8) is 0 Å². The summed E-state index contributed by atoms with van der Waals surface area (Å²) < 4.78 is 18.1. The lowest BCUT2D eigenvalue weighted by atomic mass is 10.1. The van der Waals surface area contributed by atoms with Crippen LogP contribution in [0.4, 0.5) is 0 Å². The Morgan fingerprint density at radius 3 is 2.82 bits per heavy atom. The van der Waals surface area contributed by atoms with E-state index in [9.17, 15) is 4.79 Å². The molecule has 3 heterocycles. The van der Waals surface area contributed by atoms with Crippen molar-refractivity contribution >= 4 is 23.3 Å². The maximum absolute atomic E-state index is 12.6. The summed E-state index contributed by atoms with van der Waals surface area (Å²) in [6.07, 6.45) is 0. The smallest absolute Gasteiger partial charge is 0.231 e. The van der Waals surface area contributed by atoms with Crippen molar-refractivity contribution in [1.29, 1.82) is 0 Å². The monoisotopic (exact) mass is 476 g/mol. The second-order valence-corrected chi connectivity index (χ2v) is 8.88. The number of amides is 1. The van der Waals surface area contributed by atoms with Crippen molar-refractivity contribution in [3.8, 4) is 28.4 Å². The maximum Gasteiger partial charge on any atom is 0.231 e. The van der Waals surface area contributed by atoms with Crippen LogP contribution >= 0.6 is 11.8 Å². The molecule has 174 valence electrons. The van der Waals surface area contributed by atoms with Gasteiger partial charge in [0.05, 0.1) is 24.1 Å². The van der Waals surface area contributed by atoms with Gasteiger partial charge in [0.15, 0.2) is 17.1 Å². The third-order valence-corrected chi connectivity index (χ3v) is 6.51. The Bertz CT molecular complexity index is 1390. The van der Waals surface area contributed by atoms with Crippen LogP contribution in [0, 0.1) is 13.8 Å². The molecule has 0 fully saturated rings. The normalized spacial score (nSPS) is 12.2. The average Bonchev–Trinajstić information content (AvgIpc) is 3.44. The van der Waals surface area contributed by atoms with Crippen molar-refractivity contribution < 1.29 is 19.0 Å². The molecule has 9 heteroatoms. The first-order valence-corrected chi connectivity index (χ1v) is 11.8. The van der Waals surface area contributed by atoms with Gasteiger partial charge in [-0.15, -0.1) is 0 Å². The molecular formula is C25H24N4O4S. The minimum Gasteiger partial charge on any atom is -0.496 e. The minimum atomic E-state index is -0.0703. The first-order valence-electron chi connectivity index (χ1n) is 10.8. The van der Waals surface area contributed by atoms with Gasteiger partial charge in [0.1, 0.15) is 10.8 Å². The number of ether oxygens (including phenoxy) is 3. The highest BCUT2D eigenvalue weighted by atomic mass is 32.2. The number of nitrogens with zero attached hydrogens (tertiary/aromatic N) is 3. The molecule has 2 aromatic carbocycles. The number of benzene rings is 2. The molecule has 0 saturated carbocycles. The summed E-state index contributed by atoms with van der Waals surface area (Å²) in [5, 5.41) is 8.55. The van der Waals surface area contributed by atoms with E-state index in [4.69, 9.17) is 24.3 Å². The Balaban J connectivity index is 1.33. The second-order valence-electron chi connectivity index (χ2n) is 7.88. The third kappa shape index (κ3) is 4.26. The molecule has 0 saturated heterocycles. The Kier molecular flexibility index (Phi) is 6.02. The fraction of sp³-hybridized carbons (Fsp3) is 0.240. The molecule has 0 spiro atoms. The summed E-state index contributed by atoms with van der Waals surface area (Å²) in [5.41, 5.74) is 5.26.